The molecule has 2 heteroatoms. The topological polar surface area (TPSA) is 16.8 Å². The van der Waals surface area contributed by atoms with Crippen LogP contribution >= 0.6 is 0 Å². The number of aromatic nitrogens is 2. The fourth-order valence-corrected chi connectivity index (χ4v) is 3.21. The van der Waals surface area contributed by atoms with Gasteiger partial charge in [-0.15, -0.1) is 0 Å². The van der Waals surface area contributed by atoms with Crippen LogP contribution in [-0.4, -0.2) is 4.98 Å². The van der Waals surface area contributed by atoms with Gasteiger partial charge in [-0.25, -0.2) is 4.57 Å². The lowest BCUT2D eigenvalue weighted by Crippen LogP contribution is -2.32. The third kappa shape index (κ3) is 2.27. The van der Waals surface area contributed by atoms with Crippen molar-refractivity contribution in [3.63, 3.8) is 0 Å². The Morgan fingerprint density at radius 1 is 0.870 bits per heavy atom. The molecular weight excluding hydrogens is 280 g/mol. The maximum absolute atomic E-state index is 5.03. The van der Waals surface area contributed by atoms with Crippen LogP contribution < -0.4 is 4.57 Å². The third-order valence-corrected chi connectivity index (χ3v) is 4.45. The minimum atomic E-state index is 1.00. The number of benzene rings is 3. The second-order valence-electron chi connectivity index (χ2n) is 6.22. The van der Waals surface area contributed by atoms with Crippen LogP contribution in [0.2, 0.25) is 0 Å². The van der Waals surface area contributed by atoms with Gasteiger partial charge in [0.25, 0.3) is 0 Å². The summed E-state index contributed by atoms with van der Waals surface area (Å²) in [7, 11) is 2.06. The number of fused-ring (bicyclic) bond motifs is 3. The SMILES string of the molecule is Cc1ccc2c(ccc3c[n+](C)c(-c4ccccc4C)nc32)c1. The van der Waals surface area contributed by atoms with E-state index in [-0.39, 0.29) is 0 Å². The fraction of sp³-hybridized carbons (Fsp3) is 0.143. The zero-order valence-electron chi connectivity index (χ0n) is 13.7. The summed E-state index contributed by atoms with van der Waals surface area (Å²) >= 11 is 0. The standard InChI is InChI=1S/C21H19N2/c1-14-8-11-19-16(12-14)9-10-17-13-23(3)21(22-20(17)19)18-7-5-4-6-15(18)2/h4-13H,1-3H3/q+1. The summed E-state index contributed by atoms with van der Waals surface area (Å²) in [6, 6.07) is 19.3. The van der Waals surface area contributed by atoms with Crippen molar-refractivity contribution in [2.24, 2.45) is 7.05 Å². The van der Waals surface area contributed by atoms with E-state index in [1.165, 1.54) is 32.8 Å². The van der Waals surface area contributed by atoms with Crippen LogP contribution in [0.15, 0.2) is 60.8 Å². The molecule has 0 atom stereocenters. The summed E-state index contributed by atoms with van der Waals surface area (Å²) in [6.07, 6.45) is 2.17. The van der Waals surface area contributed by atoms with Crippen LogP contribution in [0.4, 0.5) is 0 Å². The van der Waals surface area contributed by atoms with Crippen molar-refractivity contribution in [1.29, 1.82) is 0 Å². The van der Waals surface area contributed by atoms with Crippen LogP contribution in [0.5, 0.6) is 0 Å². The average molecular weight is 299 g/mol. The van der Waals surface area contributed by atoms with Crippen molar-refractivity contribution in [2.75, 3.05) is 0 Å². The zero-order valence-corrected chi connectivity index (χ0v) is 13.7. The molecule has 3 aromatic carbocycles. The van der Waals surface area contributed by atoms with E-state index in [9.17, 15) is 0 Å². The summed E-state index contributed by atoms with van der Waals surface area (Å²) in [5.74, 6) is 1.00. The normalized spacial score (nSPS) is 11.3. The van der Waals surface area contributed by atoms with Gasteiger partial charge < -0.3 is 0 Å². The van der Waals surface area contributed by atoms with Gasteiger partial charge in [0.05, 0.1) is 18.0 Å². The molecule has 0 aliphatic carbocycles. The maximum Gasteiger partial charge on any atom is 0.331 e. The van der Waals surface area contributed by atoms with Gasteiger partial charge in [-0.1, -0.05) is 42.0 Å². The first kappa shape index (κ1) is 13.9. The highest BCUT2D eigenvalue weighted by Crippen LogP contribution is 2.26. The van der Waals surface area contributed by atoms with Gasteiger partial charge in [0, 0.05) is 5.39 Å². The van der Waals surface area contributed by atoms with Crippen LogP contribution in [0, 0.1) is 13.8 Å². The molecule has 0 amide bonds. The molecule has 0 saturated heterocycles. The Labute approximate surface area is 136 Å². The largest absolute Gasteiger partial charge is 0.331 e. The van der Waals surface area contributed by atoms with Gasteiger partial charge >= 0.3 is 5.82 Å². The number of hydrogen-bond donors (Lipinski definition) is 0. The fourth-order valence-electron chi connectivity index (χ4n) is 3.21. The second kappa shape index (κ2) is 5.17. The summed E-state index contributed by atoms with van der Waals surface area (Å²) in [4.78, 5) is 5.03. The Bertz CT molecular complexity index is 1050. The molecule has 0 N–H and O–H groups in total. The minimum Gasteiger partial charge on any atom is -0.232 e. The summed E-state index contributed by atoms with van der Waals surface area (Å²) in [5, 5.41) is 3.62. The number of hydrogen-bond acceptors (Lipinski definition) is 1. The molecule has 0 radical (unpaired) electrons. The van der Waals surface area contributed by atoms with E-state index in [0.717, 1.165) is 11.3 Å². The van der Waals surface area contributed by atoms with E-state index in [4.69, 9.17) is 4.98 Å². The molecule has 1 heterocycles. The first-order valence-electron chi connectivity index (χ1n) is 7.89. The molecule has 1 aromatic heterocycles. The molecule has 0 aliphatic rings. The molecule has 2 nitrogen and oxygen atoms in total. The van der Waals surface area contributed by atoms with E-state index in [1.807, 2.05) is 0 Å². The molecule has 4 rings (SSSR count). The Hall–Kier alpha value is -2.74. The van der Waals surface area contributed by atoms with E-state index in [1.54, 1.807) is 0 Å². The maximum atomic E-state index is 5.03. The molecule has 23 heavy (non-hydrogen) atoms. The quantitative estimate of drug-likeness (QED) is 0.373. The van der Waals surface area contributed by atoms with Crippen LogP contribution in [0.25, 0.3) is 33.1 Å². The van der Waals surface area contributed by atoms with Crippen LogP contribution in [0.1, 0.15) is 11.1 Å². The Kier molecular flexibility index (Phi) is 3.12. The molecule has 0 aliphatic heterocycles. The molecule has 0 spiro atoms. The van der Waals surface area contributed by atoms with Gasteiger partial charge in [0.15, 0.2) is 5.52 Å². The Morgan fingerprint density at radius 2 is 1.65 bits per heavy atom. The van der Waals surface area contributed by atoms with Crippen molar-refractivity contribution in [1.82, 2.24) is 4.98 Å². The first-order chi connectivity index (χ1) is 11.1. The summed E-state index contributed by atoms with van der Waals surface area (Å²) in [5.41, 5.74) is 4.77. The van der Waals surface area contributed by atoms with E-state index in [0.29, 0.717) is 0 Å². The third-order valence-electron chi connectivity index (χ3n) is 4.45. The van der Waals surface area contributed by atoms with Crippen molar-refractivity contribution < 1.29 is 4.57 Å². The predicted molar refractivity (Wildman–Crippen MR) is 95.3 cm³/mol. The van der Waals surface area contributed by atoms with Gasteiger partial charge in [0.1, 0.15) is 6.20 Å². The molecular formula is C21H19N2+. The van der Waals surface area contributed by atoms with Gasteiger partial charge in [-0.05, 0) is 48.0 Å². The summed E-state index contributed by atoms with van der Waals surface area (Å²) < 4.78 is 2.12. The molecule has 112 valence electrons. The molecule has 0 saturated carbocycles. The van der Waals surface area contributed by atoms with Crippen LogP contribution in [-0.2, 0) is 7.05 Å². The lowest BCUT2D eigenvalue weighted by atomic mass is 10.0. The van der Waals surface area contributed by atoms with Crippen molar-refractivity contribution in [3.8, 4) is 11.4 Å². The van der Waals surface area contributed by atoms with E-state index >= 15 is 0 Å². The second-order valence-corrected chi connectivity index (χ2v) is 6.22. The van der Waals surface area contributed by atoms with Crippen molar-refractivity contribution in [3.05, 3.63) is 71.9 Å². The van der Waals surface area contributed by atoms with Gasteiger partial charge in [-0.3, -0.25) is 0 Å². The molecule has 0 bridgehead atoms. The average Bonchev–Trinajstić information content (AvgIpc) is 2.54. The van der Waals surface area contributed by atoms with Crippen molar-refractivity contribution in [2.45, 2.75) is 13.8 Å². The number of rotatable bonds is 1. The molecule has 4 aromatic rings. The highest BCUT2D eigenvalue weighted by molar-refractivity contribution is 6.05. The monoisotopic (exact) mass is 299 g/mol. The Morgan fingerprint density at radius 3 is 2.48 bits per heavy atom. The van der Waals surface area contributed by atoms with E-state index < -0.39 is 0 Å². The smallest absolute Gasteiger partial charge is 0.232 e. The van der Waals surface area contributed by atoms with Crippen LogP contribution in [0.3, 0.4) is 0 Å². The Balaban J connectivity index is 2.09. The highest BCUT2D eigenvalue weighted by Gasteiger charge is 2.18. The number of aryl methyl sites for hydroxylation is 3. The minimum absolute atomic E-state index is 1.00. The molecule has 0 fully saturated rings. The lowest BCUT2D eigenvalue weighted by molar-refractivity contribution is -0.661. The summed E-state index contributed by atoms with van der Waals surface area (Å²) in [6.45, 7) is 4.26. The number of nitrogens with zero attached hydrogens (tertiary/aromatic N) is 2. The predicted octanol–water partition coefficient (Wildman–Crippen LogP) is 4.50. The lowest BCUT2D eigenvalue weighted by Gasteiger charge is -2.06. The van der Waals surface area contributed by atoms with Gasteiger partial charge in [0.2, 0.25) is 0 Å². The molecule has 0 unspecified atom stereocenters. The first-order valence-corrected chi connectivity index (χ1v) is 7.89. The zero-order chi connectivity index (χ0) is 16.0. The van der Waals surface area contributed by atoms with Gasteiger partial charge in [-0.2, -0.15) is 0 Å². The van der Waals surface area contributed by atoms with E-state index in [2.05, 4.69) is 86.3 Å². The highest BCUT2D eigenvalue weighted by atomic mass is 15.0. The van der Waals surface area contributed by atoms with Crippen molar-refractivity contribution >= 4 is 21.7 Å².